The summed E-state index contributed by atoms with van der Waals surface area (Å²) in [5, 5.41) is 29.3. The maximum absolute atomic E-state index is 14.5. The van der Waals surface area contributed by atoms with Gasteiger partial charge in [0.15, 0.2) is 5.78 Å². The number of methoxy groups -OCH3 is 1. The molecule has 7 nitrogen and oxygen atoms in total. The zero-order valence-corrected chi connectivity index (χ0v) is 33.7. The SMILES string of the molecule is COc1ccc(NC(=O)N(Cc2cccc3ccccc23)CC2(O)CCC3c4ccc(cc4C(=O)c4cccc(C(F)(F)F)c4)CC(O)CCC(C)=CCCC32C)cc1. The fourth-order valence-electron chi connectivity index (χ4n) is 9.22. The van der Waals surface area contributed by atoms with Crippen LogP contribution in [0.25, 0.3) is 10.8 Å². The van der Waals surface area contributed by atoms with Gasteiger partial charge in [0, 0.05) is 28.8 Å². The van der Waals surface area contributed by atoms with Crippen molar-refractivity contribution >= 4 is 28.3 Å². The number of carbonyl (C=O) groups is 2. The molecule has 59 heavy (non-hydrogen) atoms. The number of ether oxygens (including phenoxy) is 1. The summed E-state index contributed by atoms with van der Waals surface area (Å²) in [6.45, 7) is 4.22. The van der Waals surface area contributed by atoms with Crippen LogP contribution in [-0.4, -0.2) is 52.3 Å². The molecule has 4 atom stereocenters. The molecule has 2 amide bonds. The quantitative estimate of drug-likeness (QED) is 0.107. The van der Waals surface area contributed by atoms with Gasteiger partial charge in [0.2, 0.25) is 0 Å². The van der Waals surface area contributed by atoms with E-state index < -0.39 is 46.6 Å². The molecular formula is C49H51F3N2O5. The average molecular weight is 805 g/mol. The largest absolute Gasteiger partial charge is 0.497 e. The summed E-state index contributed by atoms with van der Waals surface area (Å²) in [6.07, 6.45) is 0.100. The van der Waals surface area contributed by atoms with Crippen LogP contribution in [0.15, 0.2) is 121 Å². The molecule has 0 aliphatic heterocycles. The van der Waals surface area contributed by atoms with Crippen LogP contribution in [0.1, 0.15) is 96.5 Å². The Labute approximate surface area is 343 Å². The molecule has 0 heterocycles. The number of hydrogen-bond acceptors (Lipinski definition) is 5. The van der Waals surface area contributed by atoms with Crippen molar-refractivity contribution in [3.63, 3.8) is 0 Å². The number of aliphatic hydroxyl groups excluding tert-OH is 1. The second-order valence-corrected chi connectivity index (χ2v) is 16.5. The number of urea groups is 1. The van der Waals surface area contributed by atoms with E-state index in [9.17, 15) is 33.0 Å². The number of nitrogens with zero attached hydrogens (tertiary/aromatic N) is 1. The maximum atomic E-state index is 14.5. The molecule has 3 N–H and O–H groups in total. The molecule has 0 saturated heterocycles. The number of carbonyl (C=O) groups excluding carboxylic acids is 2. The Morgan fingerprint density at radius 1 is 0.915 bits per heavy atom. The van der Waals surface area contributed by atoms with Crippen molar-refractivity contribution in [2.75, 3.05) is 19.0 Å². The van der Waals surface area contributed by atoms with E-state index in [1.165, 1.54) is 12.1 Å². The Kier molecular flexibility index (Phi) is 12.0. The van der Waals surface area contributed by atoms with Gasteiger partial charge < -0.3 is 25.2 Å². The average Bonchev–Trinajstić information content (AvgIpc) is 3.47. The third kappa shape index (κ3) is 8.94. The molecule has 10 heteroatoms. The molecule has 1 fully saturated rings. The molecule has 3 aliphatic carbocycles. The number of anilines is 1. The Morgan fingerprint density at radius 3 is 2.42 bits per heavy atom. The van der Waals surface area contributed by atoms with Gasteiger partial charge in [-0.05, 0) is 128 Å². The fraction of sp³-hybridized carbons (Fsp3) is 0.347. The third-order valence-electron chi connectivity index (χ3n) is 12.7. The predicted molar refractivity (Wildman–Crippen MR) is 225 cm³/mol. The van der Waals surface area contributed by atoms with Crippen molar-refractivity contribution in [1.82, 2.24) is 4.90 Å². The first-order chi connectivity index (χ1) is 28.2. The number of amides is 2. The minimum absolute atomic E-state index is 0.0326. The van der Waals surface area contributed by atoms with Crippen LogP contribution in [-0.2, 0) is 19.1 Å². The topological polar surface area (TPSA) is 99.1 Å². The molecule has 3 aliphatic rings. The number of halogens is 3. The standard InChI is InChI=1S/C49H51F3N2O5/c1-32-9-8-25-47(2)44(42-23-17-33(27-39(55)20-16-32)28-43(42)45(56)35-12-7-14-37(29-35)49(50,51)52)24-26-48(47,58)31-54(46(57)53-38-18-21-40(59-3)22-19-38)30-36-13-6-11-34-10-4-5-15-41(34)36/h4-7,9-15,17-19,21-23,28-29,39,44,55,58H,8,16,20,24-27,30-31H2,1-3H3,(H,53,57). The van der Waals surface area contributed by atoms with Gasteiger partial charge in [-0.1, -0.05) is 85.3 Å². The number of allylic oxidation sites excluding steroid dienone is 2. The van der Waals surface area contributed by atoms with Crippen LogP contribution >= 0.6 is 0 Å². The first kappa shape index (κ1) is 41.7. The molecule has 4 unspecified atom stereocenters. The third-order valence-corrected chi connectivity index (χ3v) is 12.7. The van der Waals surface area contributed by atoms with Crippen LogP contribution in [0.4, 0.5) is 23.7 Å². The number of rotatable bonds is 8. The second kappa shape index (κ2) is 17.0. The van der Waals surface area contributed by atoms with Gasteiger partial charge in [0.25, 0.3) is 0 Å². The van der Waals surface area contributed by atoms with Crippen molar-refractivity contribution in [1.29, 1.82) is 0 Å². The molecule has 1 saturated carbocycles. The Bertz CT molecular complexity index is 2350. The summed E-state index contributed by atoms with van der Waals surface area (Å²) in [6, 6.07) is 30.5. The minimum Gasteiger partial charge on any atom is -0.497 e. The van der Waals surface area contributed by atoms with Crippen molar-refractivity contribution in [3.05, 3.63) is 154 Å². The summed E-state index contributed by atoms with van der Waals surface area (Å²) in [7, 11) is 1.57. The molecule has 0 spiro atoms. The van der Waals surface area contributed by atoms with Crippen molar-refractivity contribution in [3.8, 4) is 5.75 Å². The number of fused-ring (bicyclic) bond motifs is 9. The molecule has 2 bridgehead atoms. The van der Waals surface area contributed by atoms with Gasteiger partial charge in [-0.3, -0.25) is 4.79 Å². The van der Waals surface area contributed by atoms with Gasteiger partial charge in [-0.2, -0.15) is 13.2 Å². The minimum atomic E-state index is -4.64. The Hall–Kier alpha value is -5.45. The van der Waals surface area contributed by atoms with Gasteiger partial charge in [-0.25, -0.2) is 4.79 Å². The highest BCUT2D eigenvalue weighted by atomic mass is 19.4. The second-order valence-electron chi connectivity index (χ2n) is 16.5. The monoisotopic (exact) mass is 804 g/mol. The summed E-state index contributed by atoms with van der Waals surface area (Å²) in [5.41, 5.74) is 0.794. The highest BCUT2D eigenvalue weighted by Gasteiger charge is 2.57. The smallest absolute Gasteiger partial charge is 0.416 e. The zero-order chi connectivity index (χ0) is 42.0. The van der Waals surface area contributed by atoms with E-state index in [2.05, 4.69) is 11.4 Å². The number of nitrogens with one attached hydrogen (secondary N) is 1. The molecule has 8 rings (SSSR count). The summed E-state index contributed by atoms with van der Waals surface area (Å²) in [4.78, 5) is 30.6. The van der Waals surface area contributed by atoms with E-state index in [-0.39, 0.29) is 30.6 Å². The molecular weight excluding hydrogens is 754 g/mol. The first-order valence-electron chi connectivity index (χ1n) is 20.2. The summed E-state index contributed by atoms with van der Waals surface area (Å²) < 4.78 is 46.9. The van der Waals surface area contributed by atoms with Crippen LogP contribution in [0, 0.1) is 5.41 Å². The predicted octanol–water partition coefficient (Wildman–Crippen LogP) is 10.9. The Balaban J connectivity index is 1.31. The highest BCUT2D eigenvalue weighted by molar-refractivity contribution is 6.10. The van der Waals surface area contributed by atoms with Crippen LogP contribution in [0.2, 0.25) is 0 Å². The molecule has 5 aromatic carbocycles. The number of aliphatic hydroxyl groups is 2. The lowest BCUT2D eigenvalue weighted by Gasteiger charge is -2.46. The number of alkyl halides is 3. The molecule has 5 aromatic rings. The van der Waals surface area contributed by atoms with Gasteiger partial charge in [-0.15, -0.1) is 0 Å². The first-order valence-corrected chi connectivity index (χ1v) is 20.2. The van der Waals surface area contributed by atoms with Crippen molar-refractivity contribution in [2.45, 2.75) is 89.1 Å². The maximum Gasteiger partial charge on any atom is 0.416 e. The molecule has 0 radical (unpaired) electrons. The van der Waals surface area contributed by atoms with E-state index >= 15 is 0 Å². The molecule has 0 aromatic heterocycles. The van der Waals surface area contributed by atoms with Gasteiger partial charge >= 0.3 is 12.2 Å². The highest BCUT2D eigenvalue weighted by Crippen LogP contribution is 2.59. The number of hydrogen-bond donors (Lipinski definition) is 3. The zero-order valence-electron chi connectivity index (χ0n) is 33.7. The van der Waals surface area contributed by atoms with Crippen molar-refractivity contribution in [2.24, 2.45) is 5.41 Å². The molecule has 308 valence electrons. The lowest BCUT2D eigenvalue weighted by molar-refractivity contribution is -0.137. The number of ketones is 1. The van der Waals surface area contributed by atoms with Crippen LogP contribution < -0.4 is 10.1 Å². The van der Waals surface area contributed by atoms with E-state index in [4.69, 9.17) is 4.74 Å². The number of benzene rings is 5. The lowest BCUT2D eigenvalue weighted by Crippen LogP contribution is -2.54. The van der Waals surface area contributed by atoms with E-state index in [1.54, 1.807) is 42.3 Å². The Morgan fingerprint density at radius 2 is 1.66 bits per heavy atom. The van der Waals surface area contributed by atoms with E-state index in [1.807, 2.05) is 68.4 Å². The van der Waals surface area contributed by atoms with E-state index in [0.29, 0.717) is 61.1 Å². The van der Waals surface area contributed by atoms with Crippen molar-refractivity contribution < 1.29 is 37.7 Å². The van der Waals surface area contributed by atoms with E-state index in [0.717, 1.165) is 34.0 Å². The van der Waals surface area contributed by atoms with Gasteiger partial charge in [0.05, 0.1) is 30.9 Å². The summed E-state index contributed by atoms with van der Waals surface area (Å²) >= 11 is 0. The van der Waals surface area contributed by atoms with Gasteiger partial charge in [0.1, 0.15) is 5.75 Å². The normalized spacial score (nSPS) is 22.3. The fourth-order valence-corrected chi connectivity index (χ4v) is 9.22. The summed E-state index contributed by atoms with van der Waals surface area (Å²) in [5.74, 6) is -0.320. The lowest BCUT2D eigenvalue weighted by atomic mass is 9.64. The van der Waals surface area contributed by atoms with Crippen LogP contribution in [0.5, 0.6) is 5.75 Å². The van der Waals surface area contributed by atoms with Crippen LogP contribution in [0.3, 0.4) is 0 Å².